The lowest BCUT2D eigenvalue weighted by atomic mass is 9.83. The minimum atomic E-state index is -0.0180. The van der Waals surface area contributed by atoms with Crippen LogP contribution in [0, 0.1) is 12.3 Å². The fraction of sp³-hybridized carbons (Fsp3) is 0.500. The third-order valence-electron chi connectivity index (χ3n) is 2.42. The Morgan fingerprint density at radius 3 is 2.29 bits per heavy atom. The summed E-state index contributed by atoms with van der Waals surface area (Å²) >= 11 is 6.15. The monoisotopic (exact) mass is 211 g/mol. The van der Waals surface area contributed by atoms with Crippen LogP contribution in [0.3, 0.4) is 0 Å². The van der Waals surface area contributed by atoms with Gasteiger partial charge in [-0.25, -0.2) is 0 Å². The van der Waals surface area contributed by atoms with Crippen molar-refractivity contribution in [3.8, 4) is 0 Å². The highest BCUT2D eigenvalue weighted by Gasteiger charge is 2.23. The number of halogens is 1. The fourth-order valence-electron chi connectivity index (χ4n) is 1.35. The molecule has 0 saturated heterocycles. The van der Waals surface area contributed by atoms with E-state index in [-0.39, 0.29) is 11.5 Å². The second-order valence-corrected chi connectivity index (χ2v) is 5.28. The molecule has 0 heterocycles. The zero-order valence-electron chi connectivity index (χ0n) is 9.26. The molecule has 0 aliphatic rings. The van der Waals surface area contributed by atoms with Crippen molar-refractivity contribution in [2.75, 3.05) is 0 Å². The number of hydrogen-bond acceptors (Lipinski definition) is 1. The van der Waals surface area contributed by atoms with Gasteiger partial charge >= 0.3 is 0 Å². The molecule has 0 aromatic heterocycles. The van der Waals surface area contributed by atoms with E-state index in [1.807, 2.05) is 25.1 Å². The van der Waals surface area contributed by atoms with Gasteiger partial charge in [-0.3, -0.25) is 0 Å². The molecule has 1 aromatic rings. The second-order valence-electron chi connectivity index (χ2n) is 4.87. The number of nitrogens with two attached hydrogens (primary N) is 1. The van der Waals surface area contributed by atoms with E-state index in [2.05, 4.69) is 20.8 Å². The Hall–Kier alpha value is -0.530. The normalized spacial score (nSPS) is 14.1. The van der Waals surface area contributed by atoms with Gasteiger partial charge in [-0.1, -0.05) is 44.5 Å². The standard InChI is InChI=1S/C12H18ClN/c1-8-5-6-9(10(13)7-8)11(14)12(2,3)4/h5-7,11H,14H2,1-4H3/t11-/m1/s1. The lowest BCUT2D eigenvalue weighted by Crippen LogP contribution is -2.26. The van der Waals surface area contributed by atoms with Gasteiger partial charge < -0.3 is 5.73 Å². The highest BCUT2D eigenvalue weighted by atomic mass is 35.5. The van der Waals surface area contributed by atoms with Crippen molar-refractivity contribution in [2.45, 2.75) is 33.7 Å². The maximum absolute atomic E-state index is 6.15. The first kappa shape index (κ1) is 11.5. The van der Waals surface area contributed by atoms with Crippen LogP contribution in [0.1, 0.15) is 37.9 Å². The molecular weight excluding hydrogens is 194 g/mol. The molecule has 1 atom stereocenters. The third-order valence-corrected chi connectivity index (χ3v) is 2.75. The topological polar surface area (TPSA) is 26.0 Å². The fourth-order valence-corrected chi connectivity index (χ4v) is 1.70. The van der Waals surface area contributed by atoms with Crippen LogP contribution < -0.4 is 5.73 Å². The highest BCUT2D eigenvalue weighted by molar-refractivity contribution is 6.31. The largest absolute Gasteiger partial charge is 0.323 e. The smallest absolute Gasteiger partial charge is 0.0456 e. The van der Waals surface area contributed by atoms with Gasteiger partial charge in [0.1, 0.15) is 0 Å². The quantitative estimate of drug-likeness (QED) is 0.754. The van der Waals surface area contributed by atoms with Crippen molar-refractivity contribution in [2.24, 2.45) is 11.1 Å². The summed E-state index contributed by atoms with van der Waals surface area (Å²) in [6.07, 6.45) is 0. The van der Waals surface area contributed by atoms with Gasteiger partial charge in [0, 0.05) is 11.1 Å². The summed E-state index contributed by atoms with van der Waals surface area (Å²) in [6.45, 7) is 8.38. The molecule has 14 heavy (non-hydrogen) atoms. The zero-order chi connectivity index (χ0) is 10.9. The lowest BCUT2D eigenvalue weighted by molar-refractivity contribution is 0.327. The van der Waals surface area contributed by atoms with Gasteiger partial charge in [0.15, 0.2) is 0 Å². The summed E-state index contributed by atoms with van der Waals surface area (Å²) in [5.74, 6) is 0. The Kier molecular flexibility index (Phi) is 3.23. The summed E-state index contributed by atoms with van der Waals surface area (Å²) in [5.41, 5.74) is 8.38. The highest BCUT2D eigenvalue weighted by Crippen LogP contribution is 2.34. The number of rotatable bonds is 1. The molecule has 0 amide bonds. The van der Waals surface area contributed by atoms with E-state index in [4.69, 9.17) is 17.3 Å². The van der Waals surface area contributed by atoms with Gasteiger partial charge in [0.2, 0.25) is 0 Å². The summed E-state index contributed by atoms with van der Waals surface area (Å²) in [5, 5.41) is 0.771. The Morgan fingerprint density at radius 1 is 1.29 bits per heavy atom. The van der Waals surface area contributed by atoms with Gasteiger partial charge in [-0.2, -0.15) is 0 Å². The van der Waals surface area contributed by atoms with Crippen LogP contribution in [-0.2, 0) is 0 Å². The first-order valence-corrected chi connectivity index (χ1v) is 5.22. The first-order valence-electron chi connectivity index (χ1n) is 4.84. The lowest BCUT2D eigenvalue weighted by Gasteiger charge is -2.28. The van der Waals surface area contributed by atoms with Crippen LogP contribution in [-0.4, -0.2) is 0 Å². The molecule has 0 fully saturated rings. The maximum atomic E-state index is 6.15. The summed E-state index contributed by atoms with van der Waals surface area (Å²) in [4.78, 5) is 0. The number of aryl methyl sites for hydroxylation is 1. The van der Waals surface area contributed by atoms with E-state index in [1.54, 1.807) is 0 Å². The van der Waals surface area contributed by atoms with Crippen molar-refractivity contribution in [3.63, 3.8) is 0 Å². The van der Waals surface area contributed by atoms with E-state index in [0.717, 1.165) is 10.6 Å². The predicted molar refractivity (Wildman–Crippen MR) is 62.6 cm³/mol. The van der Waals surface area contributed by atoms with Crippen LogP contribution in [0.25, 0.3) is 0 Å². The zero-order valence-corrected chi connectivity index (χ0v) is 10.0. The molecule has 0 aliphatic heterocycles. The van der Waals surface area contributed by atoms with Crippen LogP contribution in [0.4, 0.5) is 0 Å². The second kappa shape index (κ2) is 3.92. The molecule has 0 radical (unpaired) electrons. The third kappa shape index (κ3) is 2.49. The molecule has 0 bridgehead atoms. The molecule has 1 rings (SSSR count). The van der Waals surface area contributed by atoms with E-state index in [1.165, 1.54) is 5.56 Å². The molecule has 0 saturated carbocycles. The van der Waals surface area contributed by atoms with Gasteiger partial charge in [-0.05, 0) is 29.5 Å². The minimum absolute atomic E-state index is 0.0180. The van der Waals surface area contributed by atoms with Crippen molar-refractivity contribution in [1.29, 1.82) is 0 Å². The Bertz CT molecular complexity index is 326. The molecule has 0 aliphatic carbocycles. The van der Waals surface area contributed by atoms with Gasteiger partial charge in [0.25, 0.3) is 0 Å². The number of hydrogen-bond donors (Lipinski definition) is 1. The predicted octanol–water partition coefficient (Wildman–Crippen LogP) is 3.69. The van der Waals surface area contributed by atoms with Crippen LogP contribution >= 0.6 is 11.6 Å². The summed E-state index contributed by atoms with van der Waals surface area (Å²) in [6, 6.07) is 6.01. The van der Waals surface area contributed by atoms with E-state index >= 15 is 0 Å². The molecule has 0 unspecified atom stereocenters. The first-order chi connectivity index (χ1) is 6.32. The van der Waals surface area contributed by atoms with Crippen LogP contribution in [0.2, 0.25) is 5.02 Å². The SMILES string of the molecule is Cc1ccc([C@@H](N)C(C)(C)C)c(Cl)c1. The number of benzene rings is 1. The molecule has 1 aromatic carbocycles. The molecule has 0 spiro atoms. The van der Waals surface area contributed by atoms with E-state index in [0.29, 0.717) is 0 Å². The van der Waals surface area contributed by atoms with Crippen molar-refractivity contribution in [1.82, 2.24) is 0 Å². The summed E-state index contributed by atoms with van der Waals surface area (Å²) in [7, 11) is 0. The molecule has 78 valence electrons. The maximum Gasteiger partial charge on any atom is 0.0456 e. The minimum Gasteiger partial charge on any atom is -0.323 e. The van der Waals surface area contributed by atoms with Crippen molar-refractivity contribution >= 4 is 11.6 Å². The van der Waals surface area contributed by atoms with Crippen molar-refractivity contribution < 1.29 is 0 Å². The van der Waals surface area contributed by atoms with Gasteiger partial charge in [0.05, 0.1) is 0 Å². The van der Waals surface area contributed by atoms with E-state index < -0.39 is 0 Å². The Morgan fingerprint density at radius 2 is 1.86 bits per heavy atom. The van der Waals surface area contributed by atoms with E-state index in [9.17, 15) is 0 Å². The molecule has 1 nitrogen and oxygen atoms in total. The van der Waals surface area contributed by atoms with Crippen LogP contribution in [0.5, 0.6) is 0 Å². The average molecular weight is 212 g/mol. The molecule has 2 heteroatoms. The molecule has 2 N–H and O–H groups in total. The Balaban J connectivity index is 3.08. The van der Waals surface area contributed by atoms with Crippen LogP contribution in [0.15, 0.2) is 18.2 Å². The van der Waals surface area contributed by atoms with Gasteiger partial charge in [-0.15, -0.1) is 0 Å². The Labute approximate surface area is 91.3 Å². The van der Waals surface area contributed by atoms with Crippen molar-refractivity contribution in [3.05, 3.63) is 34.3 Å². The molecular formula is C12H18ClN. The average Bonchev–Trinajstić information content (AvgIpc) is 2.01. The summed E-state index contributed by atoms with van der Waals surface area (Å²) < 4.78 is 0.